The molecule has 0 aliphatic carbocycles. The van der Waals surface area contributed by atoms with E-state index in [9.17, 15) is 0 Å². The number of hydrogen-bond donors (Lipinski definition) is 1. The first kappa shape index (κ1) is 11.5. The molecule has 1 aromatic rings. The van der Waals surface area contributed by atoms with E-state index in [0.717, 1.165) is 17.1 Å². The van der Waals surface area contributed by atoms with E-state index < -0.39 is 0 Å². The Balaban J connectivity index is 2.90. The van der Waals surface area contributed by atoms with Gasteiger partial charge in [0.05, 0.1) is 23.6 Å². The zero-order valence-electron chi connectivity index (χ0n) is 9.29. The van der Waals surface area contributed by atoms with Gasteiger partial charge in [0, 0.05) is 19.3 Å². The van der Waals surface area contributed by atoms with Gasteiger partial charge in [-0.15, -0.1) is 0 Å². The summed E-state index contributed by atoms with van der Waals surface area (Å²) in [4.78, 5) is 4.24. The zero-order valence-corrected chi connectivity index (χ0v) is 9.29. The SMILES string of the molecule is COCCNc1cc(C)nc(C)c1C#N. The van der Waals surface area contributed by atoms with Gasteiger partial charge in [-0.25, -0.2) is 0 Å². The van der Waals surface area contributed by atoms with Crippen molar-refractivity contribution in [2.45, 2.75) is 13.8 Å². The molecule has 0 aliphatic rings. The summed E-state index contributed by atoms with van der Waals surface area (Å²) in [5, 5.41) is 12.1. The maximum absolute atomic E-state index is 8.99. The van der Waals surface area contributed by atoms with Crippen LogP contribution in [-0.2, 0) is 4.74 Å². The summed E-state index contributed by atoms with van der Waals surface area (Å²) in [7, 11) is 1.65. The smallest absolute Gasteiger partial charge is 0.103 e. The lowest BCUT2D eigenvalue weighted by atomic mass is 10.1. The number of nitriles is 1. The van der Waals surface area contributed by atoms with E-state index in [4.69, 9.17) is 10.00 Å². The third kappa shape index (κ3) is 2.93. The largest absolute Gasteiger partial charge is 0.383 e. The van der Waals surface area contributed by atoms with E-state index in [2.05, 4.69) is 16.4 Å². The number of aryl methyl sites for hydroxylation is 2. The molecule has 0 saturated heterocycles. The van der Waals surface area contributed by atoms with Crippen molar-refractivity contribution in [2.75, 3.05) is 25.6 Å². The Kier molecular flexibility index (Phi) is 4.07. The highest BCUT2D eigenvalue weighted by atomic mass is 16.5. The summed E-state index contributed by atoms with van der Waals surface area (Å²) in [5.74, 6) is 0. The molecule has 80 valence electrons. The summed E-state index contributed by atoms with van der Waals surface area (Å²) < 4.78 is 4.94. The molecule has 0 saturated carbocycles. The van der Waals surface area contributed by atoms with Crippen LogP contribution in [0, 0.1) is 25.2 Å². The van der Waals surface area contributed by atoms with Crippen LogP contribution in [0.1, 0.15) is 17.0 Å². The summed E-state index contributed by atoms with van der Waals surface area (Å²) in [6.45, 7) is 5.06. The van der Waals surface area contributed by atoms with Gasteiger partial charge in [-0.3, -0.25) is 4.98 Å². The number of nitrogens with zero attached hydrogens (tertiary/aromatic N) is 2. The molecule has 0 spiro atoms. The predicted molar refractivity (Wildman–Crippen MR) is 58.8 cm³/mol. The molecule has 1 rings (SSSR count). The van der Waals surface area contributed by atoms with Crippen molar-refractivity contribution in [1.82, 2.24) is 4.98 Å². The number of methoxy groups -OCH3 is 1. The van der Waals surface area contributed by atoms with Crippen molar-refractivity contribution in [3.05, 3.63) is 23.0 Å². The topological polar surface area (TPSA) is 57.9 Å². The molecular weight excluding hydrogens is 190 g/mol. The average molecular weight is 205 g/mol. The summed E-state index contributed by atoms with van der Waals surface area (Å²) in [6, 6.07) is 4.03. The van der Waals surface area contributed by atoms with Crippen molar-refractivity contribution in [1.29, 1.82) is 5.26 Å². The highest BCUT2D eigenvalue weighted by Crippen LogP contribution is 2.18. The minimum atomic E-state index is 0.608. The van der Waals surface area contributed by atoms with Crippen molar-refractivity contribution >= 4 is 5.69 Å². The lowest BCUT2D eigenvalue weighted by Gasteiger charge is -2.10. The van der Waals surface area contributed by atoms with Crippen LogP contribution in [0.3, 0.4) is 0 Å². The molecule has 0 aromatic carbocycles. The Bertz CT molecular complexity index is 382. The van der Waals surface area contributed by atoms with Crippen molar-refractivity contribution in [2.24, 2.45) is 0 Å². The van der Waals surface area contributed by atoms with Crippen LogP contribution in [0.4, 0.5) is 5.69 Å². The highest BCUT2D eigenvalue weighted by Gasteiger charge is 2.06. The summed E-state index contributed by atoms with van der Waals surface area (Å²) in [6.07, 6.45) is 0. The Labute approximate surface area is 89.9 Å². The lowest BCUT2D eigenvalue weighted by molar-refractivity contribution is 0.211. The second kappa shape index (κ2) is 5.32. The van der Waals surface area contributed by atoms with Gasteiger partial charge in [0.15, 0.2) is 0 Å². The molecule has 1 heterocycles. The van der Waals surface area contributed by atoms with Gasteiger partial charge in [0.2, 0.25) is 0 Å². The van der Waals surface area contributed by atoms with Crippen LogP contribution in [0.25, 0.3) is 0 Å². The van der Waals surface area contributed by atoms with Crippen LogP contribution in [0.5, 0.6) is 0 Å². The fourth-order valence-corrected chi connectivity index (χ4v) is 1.40. The van der Waals surface area contributed by atoms with Gasteiger partial charge in [-0.05, 0) is 19.9 Å². The first-order valence-corrected chi connectivity index (χ1v) is 4.80. The van der Waals surface area contributed by atoms with Gasteiger partial charge in [-0.2, -0.15) is 5.26 Å². The molecule has 4 heteroatoms. The summed E-state index contributed by atoms with van der Waals surface area (Å²) in [5.41, 5.74) is 3.11. The van der Waals surface area contributed by atoms with Crippen molar-refractivity contribution in [3.63, 3.8) is 0 Å². The van der Waals surface area contributed by atoms with Crippen molar-refractivity contribution in [3.8, 4) is 6.07 Å². The van der Waals surface area contributed by atoms with E-state index in [-0.39, 0.29) is 0 Å². The van der Waals surface area contributed by atoms with E-state index >= 15 is 0 Å². The molecule has 4 nitrogen and oxygen atoms in total. The number of aromatic nitrogens is 1. The normalized spacial score (nSPS) is 9.73. The second-order valence-electron chi connectivity index (χ2n) is 3.30. The quantitative estimate of drug-likeness (QED) is 0.759. The minimum Gasteiger partial charge on any atom is -0.383 e. The fraction of sp³-hybridized carbons (Fsp3) is 0.455. The number of rotatable bonds is 4. The first-order chi connectivity index (χ1) is 7.19. The molecule has 0 bridgehead atoms. The minimum absolute atomic E-state index is 0.608. The third-order valence-corrected chi connectivity index (χ3v) is 2.06. The maximum atomic E-state index is 8.99. The van der Waals surface area contributed by atoms with E-state index in [1.165, 1.54) is 0 Å². The van der Waals surface area contributed by atoms with E-state index in [0.29, 0.717) is 18.7 Å². The van der Waals surface area contributed by atoms with Crippen LogP contribution in [0.2, 0.25) is 0 Å². The van der Waals surface area contributed by atoms with Crippen molar-refractivity contribution < 1.29 is 4.74 Å². The molecule has 0 aliphatic heterocycles. The fourth-order valence-electron chi connectivity index (χ4n) is 1.40. The third-order valence-electron chi connectivity index (χ3n) is 2.06. The first-order valence-electron chi connectivity index (χ1n) is 4.80. The molecule has 0 fully saturated rings. The molecule has 0 atom stereocenters. The van der Waals surface area contributed by atoms with Gasteiger partial charge in [0.1, 0.15) is 6.07 Å². The average Bonchev–Trinajstić information content (AvgIpc) is 2.17. The standard InChI is InChI=1S/C11H15N3O/c1-8-6-11(13-4-5-15-3)10(7-12)9(2)14-8/h6H,4-5H2,1-3H3,(H,13,14). The monoisotopic (exact) mass is 205 g/mol. The van der Waals surface area contributed by atoms with E-state index in [1.54, 1.807) is 7.11 Å². The Morgan fingerprint density at radius 3 is 2.87 bits per heavy atom. The van der Waals surface area contributed by atoms with E-state index in [1.807, 2.05) is 19.9 Å². The van der Waals surface area contributed by atoms with Gasteiger partial charge >= 0.3 is 0 Å². The van der Waals surface area contributed by atoms with Crippen LogP contribution < -0.4 is 5.32 Å². The van der Waals surface area contributed by atoms with Crippen LogP contribution >= 0.6 is 0 Å². The van der Waals surface area contributed by atoms with Crippen LogP contribution in [-0.4, -0.2) is 25.2 Å². The molecule has 0 unspecified atom stereocenters. The zero-order chi connectivity index (χ0) is 11.3. The van der Waals surface area contributed by atoms with Crippen LogP contribution in [0.15, 0.2) is 6.07 Å². The number of hydrogen-bond acceptors (Lipinski definition) is 4. The number of anilines is 1. The Hall–Kier alpha value is -1.60. The van der Waals surface area contributed by atoms with Gasteiger partial charge in [-0.1, -0.05) is 0 Å². The van der Waals surface area contributed by atoms with Gasteiger partial charge in [0.25, 0.3) is 0 Å². The number of pyridine rings is 1. The van der Waals surface area contributed by atoms with Gasteiger partial charge < -0.3 is 10.1 Å². The number of ether oxygens (including phenoxy) is 1. The molecule has 1 aromatic heterocycles. The predicted octanol–water partition coefficient (Wildman–Crippen LogP) is 1.63. The number of nitrogens with one attached hydrogen (secondary N) is 1. The molecule has 0 amide bonds. The molecule has 1 N–H and O–H groups in total. The maximum Gasteiger partial charge on any atom is 0.103 e. The molecule has 0 radical (unpaired) electrons. The highest BCUT2D eigenvalue weighted by molar-refractivity contribution is 5.59. The summed E-state index contributed by atoms with van der Waals surface area (Å²) >= 11 is 0. The Morgan fingerprint density at radius 2 is 2.27 bits per heavy atom. The molecular formula is C11H15N3O. The second-order valence-corrected chi connectivity index (χ2v) is 3.30. The Morgan fingerprint density at radius 1 is 1.53 bits per heavy atom. The lowest BCUT2D eigenvalue weighted by Crippen LogP contribution is -2.10. The molecule has 15 heavy (non-hydrogen) atoms.